The molecule has 0 bridgehead atoms. The Balaban J connectivity index is 1.92. The number of aromatic carboxylic acids is 1. The number of benzene rings is 1. The average molecular weight is 317 g/mol. The molecule has 2 heterocycles. The van der Waals surface area contributed by atoms with Gasteiger partial charge in [0, 0.05) is 12.1 Å². The molecule has 2 aromatic rings. The lowest BCUT2D eigenvalue weighted by atomic mass is 10.1. The first-order valence-electron chi connectivity index (χ1n) is 7.77. The van der Waals surface area contributed by atoms with Gasteiger partial charge in [-0.25, -0.2) is 9.48 Å². The number of carbonyl (C=O) groups is 1. The van der Waals surface area contributed by atoms with Crippen molar-refractivity contribution in [2.24, 2.45) is 0 Å². The molecule has 7 heteroatoms. The second-order valence-electron chi connectivity index (χ2n) is 5.44. The molecule has 0 amide bonds. The number of hydrogen-bond acceptors (Lipinski definition) is 5. The number of carboxylic acid groups (broad SMARTS) is 1. The fourth-order valence-electron chi connectivity index (χ4n) is 2.63. The molecule has 0 fully saturated rings. The van der Waals surface area contributed by atoms with Crippen LogP contribution in [0.1, 0.15) is 43.1 Å². The van der Waals surface area contributed by atoms with E-state index in [-0.39, 0.29) is 12.5 Å². The molecule has 23 heavy (non-hydrogen) atoms. The van der Waals surface area contributed by atoms with Gasteiger partial charge in [0.25, 0.3) is 0 Å². The normalized spacial score (nSPS) is 12.6. The van der Waals surface area contributed by atoms with E-state index in [0.717, 1.165) is 25.7 Å². The maximum absolute atomic E-state index is 11.4. The minimum absolute atomic E-state index is 0.0423. The number of unbranched alkanes of at least 4 members (excludes halogenated alkanes) is 3. The molecule has 1 N–H and O–H groups in total. The van der Waals surface area contributed by atoms with Gasteiger partial charge in [0.2, 0.25) is 6.79 Å². The average Bonchev–Trinajstić information content (AvgIpc) is 3.17. The van der Waals surface area contributed by atoms with Crippen molar-refractivity contribution in [3.63, 3.8) is 0 Å². The Hall–Kier alpha value is -2.57. The summed E-state index contributed by atoms with van der Waals surface area (Å²) in [6.45, 7) is 2.97. The number of hydrogen-bond donors (Lipinski definition) is 1. The summed E-state index contributed by atoms with van der Waals surface area (Å²) < 4.78 is 12.3. The maximum Gasteiger partial charge on any atom is 0.358 e. The Bertz CT molecular complexity index is 711. The van der Waals surface area contributed by atoms with Gasteiger partial charge in [0.05, 0.1) is 0 Å². The third kappa shape index (κ3) is 3.13. The van der Waals surface area contributed by atoms with Crippen molar-refractivity contribution in [1.29, 1.82) is 0 Å². The molecule has 7 nitrogen and oxygen atoms in total. The predicted octanol–water partition coefficient (Wildman–Crippen LogP) is 2.95. The Kier molecular flexibility index (Phi) is 4.45. The number of nitrogens with zero attached hydrogens (tertiary/aromatic N) is 3. The van der Waals surface area contributed by atoms with Crippen LogP contribution in [0.4, 0.5) is 0 Å². The van der Waals surface area contributed by atoms with Crippen molar-refractivity contribution in [1.82, 2.24) is 15.0 Å². The van der Waals surface area contributed by atoms with Gasteiger partial charge < -0.3 is 14.6 Å². The van der Waals surface area contributed by atoms with E-state index in [9.17, 15) is 9.90 Å². The van der Waals surface area contributed by atoms with Crippen LogP contribution in [0, 0.1) is 0 Å². The third-order valence-corrected chi connectivity index (χ3v) is 3.81. The molecule has 0 atom stereocenters. The molecule has 0 aliphatic carbocycles. The summed E-state index contributed by atoms with van der Waals surface area (Å²) in [6.07, 6.45) is 4.32. The fraction of sp³-hybridized carbons (Fsp3) is 0.438. The maximum atomic E-state index is 11.4. The summed E-state index contributed by atoms with van der Waals surface area (Å²) in [5, 5.41) is 17.2. The molecule has 1 aliphatic rings. The van der Waals surface area contributed by atoms with Crippen molar-refractivity contribution in [2.45, 2.75) is 39.2 Å². The van der Waals surface area contributed by atoms with Gasteiger partial charge in [-0.1, -0.05) is 31.4 Å². The van der Waals surface area contributed by atoms with E-state index in [1.807, 2.05) is 0 Å². The zero-order valence-corrected chi connectivity index (χ0v) is 13.0. The van der Waals surface area contributed by atoms with Crippen molar-refractivity contribution in [3.05, 3.63) is 23.9 Å². The lowest BCUT2D eigenvalue weighted by Crippen LogP contribution is -2.05. The molecule has 122 valence electrons. The Labute approximate surface area is 133 Å². The van der Waals surface area contributed by atoms with Crippen LogP contribution in [0.15, 0.2) is 18.2 Å². The standard InChI is InChI=1S/C16H19N3O4/c1-2-3-4-5-8-19-15(14(16(20)21)17-18-19)11-6-7-12-13(9-11)23-10-22-12/h6-7,9H,2-5,8,10H2,1H3,(H,20,21). The first-order valence-corrected chi connectivity index (χ1v) is 7.77. The molecule has 1 aromatic carbocycles. The van der Waals surface area contributed by atoms with E-state index in [2.05, 4.69) is 17.2 Å². The van der Waals surface area contributed by atoms with Crippen molar-refractivity contribution < 1.29 is 19.4 Å². The molecule has 0 unspecified atom stereocenters. The molecule has 0 saturated heterocycles. The van der Waals surface area contributed by atoms with E-state index in [4.69, 9.17) is 9.47 Å². The highest BCUT2D eigenvalue weighted by Gasteiger charge is 2.23. The minimum atomic E-state index is -1.09. The van der Waals surface area contributed by atoms with Crippen LogP contribution in [-0.4, -0.2) is 32.9 Å². The molecule has 0 saturated carbocycles. The fourth-order valence-corrected chi connectivity index (χ4v) is 2.63. The van der Waals surface area contributed by atoms with Crippen molar-refractivity contribution in [2.75, 3.05) is 6.79 Å². The zero-order chi connectivity index (χ0) is 16.2. The predicted molar refractivity (Wildman–Crippen MR) is 82.7 cm³/mol. The topological polar surface area (TPSA) is 86.5 Å². The SMILES string of the molecule is CCCCCCn1nnc(C(=O)O)c1-c1ccc2c(c1)OCO2. The second kappa shape index (κ2) is 6.68. The summed E-state index contributed by atoms with van der Waals surface area (Å²) in [5.41, 5.74) is 1.18. The van der Waals surface area contributed by atoms with E-state index in [1.165, 1.54) is 0 Å². The molecular weight excluding hydrogens is 298 g/mol. The molecule has 0 spiro atoms. The van der Waals surface area contributed by atoms with E-state index >= 15 is 0 Å². The summed E-state index contributed by atoms with van der Waals surface area (Å²) in [4.78, 5) is 11.4. The third-order valence-electron chi connectivity index (χ3n) is 3.81. The van der Waals surface area contributed by atoms with Gasteiger partial charge in [-0.2, -0.15) is 0 Å². The number of carboxylic acids is 1. The molecular formula is C16H19N3O4. The summed E-state index contributed by atoms with van der Waals surface area (Å²) >= 11 is 0. The van der Waals surface area contributed by atoms with E-state index in [0.29, 0.717) is 29.3 Å². The highest BCUT2D eigenvalue weighted by atomic mass is 16.7. The first-order chi connectivity index (χ1) is 11.2. The van der Waals surface area contributed by atoms with Gasteiger partial charge in [0.1, 0.15) is 5.69 Å². The smallest absolute Gasteiger partial charge is 0.358 e. The first kappa shape index (κ1) is 15.3. The zero-order valence-electron chi connectivity index (χ0n) is 13.0. The van der Waals surface area contributed by atoms with Crippen LogP contribution in [0.2, 0.25) is 0 Å². The number of aryl methyl sites for hydroxylation is 1. The van der Waals surface area contributed by atoms with Crippen molar-refractivity contribution >= 4 is 5.97 Å². The number of fused-ring (bicyclic) bond motifs is 1. The molecule has 3 rings (SSSR count). The Morgan fingerprint density at radius 3 is 2.87 bits per heavy atom. The van der Waals surface area contributed by atoms with Crippen LogP contribution in [-0.2, 0) is 6.54 Å². The van der Waals surface area contributed by atoms with Crippen LogP contribution in [0.25, 0.3) is 11.3 Å². The minimum Gasteiger partial charge on any atom is -0.476 e. The second-order valence-corrected chi connectivity index (χ2v) is 5.44. The number of aromatic nitrogens is 3. The Morgan fingerprint density at radius 2 is 2.09 bits per heavy atom. The van der Waals surface area contributed by atoms with E-state index in [1.54, 1.807) is 22.9 Å². The monoisotopic (exact) mass is 317 g/mol. The van der Waals surface area contributed by atoms with Crippen LogP contribution < -0.4 is 9.47 Å². The van der Waals surface area contributed by atoms with Crippen LogP contribution in [0.3, 0.4) is 0 Å². The lowest BCUT2D eigenvalue weighted by molar-refractivity contribution is 0.0691. The van der Waals surface area contributed by atoms with Gasteiger partial charge in [-0.15, -0.1) is 5.10 Å². The highest BCUT2D eigenvalue weighted by molar-refractivity contribution is 5.92. The quantitative estimate of drug-likeness (QED) is 0.790. The Morgan fingerprint density at radius 1 is 1.26 bits per heavy atom. The van der Waals surface area contributed by atoms with Crippen LogP contribution in [0.5, 0.6) is 11.5 Å². The van der Waals surface area contributed by atoms with E-state index < -0.39 is 5.97 Å². The highest BCUT2D eigenvalue weighted by Crippen LogP contribution is 2.36. The lowest BCUT2D eigenvalue weighted by Gasteiger charge is -2.08. The van der Waals surface area contributed by atoms with Gasteiger partial charge >= 0.3 is 5.97 Å². The van der Waals surface area contributed by atoms with Gasteiger partial charge in [-0.05, 0) is 24.6 Å². The largest absolute Gasteiger partial charge is 0.476 e. The number of ether oxygens (including phenoxy) is 2. The summed E-state index contributed by atoms with van der Waals surface area (Å²) in [5.74, 6) is 0.183. The van der Waals surface area contributed by atoms with Crippen LogP contribution >= 0.6 is 0 Å². The molecule has 1 aliphatic heterocycles. The van der Waals surface area contributed by atoms with Gasteiger partial charge in [0.15, 0.2) is 17.2 Å². The summed E-state index contributed by atoms with van der Waals surface area (Å²) in [7, 11) is 0. The summed E-state index contributed by atoms with van der Waals surface area (Å²) in [6, 6.07) is 5.36. The molecule has 0 radical (unpaired) electrons. The van der Waals surface area contributed by atoms with Crippen molar-refractivity contribution in [3.8, 4) is 22.8 Å². The number of rotatable bonds is 7. The molecule has 1 aromatic heterocycles. The van der Waals surface area contributed by atoms with Gasteiger partial charge in [-0.3, -0.25) is 0 Å².